The van der Waals surface area contributed by atoms with E-state index in [1.165, 1.54) is 11.3 Å². The number of aromatic nitrogens is 2. The van der Waals surface area contributed by atoms with Crippen molar-refractivity contribution in [2.75, 3.05) is 5.32 Å². The number of nitrogens with one attached hydrogen (secondary N) is 1. The highest BCUT2D eigenvalue weighted by molar-refractivity contribution is 7.08. The van der Waals surface area contributed by atoms with Gasteiger partial charge in [-0.2, -0.15) is 16.4 Å². The van der Waals surface area contributed by atoms with E-state index in [4.69, 9.17) is 0 Å². The van der Waals surface area contributed by atoms with Gasteiger partial charge in [0.1, 0.15) is 0 Å². The van der Waals surface area contributed by atoms with Gasteiger partial charge in [0, 0.05) is 29.4 Å². The van der Waals surface area contributed by atoms with E-state index in [2.05, 4.69) is 54.2 Å². The van der Waals surface area contributed by atoms with Gasteiger partial charge in [0.05, 0.1) is 11.7 Å². The van der Waals surface area contributed by atoms with E-state index in [0.717, 1.165) is 6.54 Å². The van der Waals surface area contributed by atoms with Crippen LogP contribution in [-0.4, -0.2) is 9.78 Å². The second kappa shape index (κ2) is 4.29. The van der Waals surface area contributed by atoms with Crippen LogP contribution in [0.5, 0.6) is 0 Å². The van der Waals surface area contributed by atoms with Crippen LogP contribution in [0.3, 0.4) is 0 Å². The van der Waals surface area contributed by atoms with Crippen LogP contribution in [0.4, 0.5) is 5.69 Å². The predicted octanol–water partition coefficient (Wildman–Crippen LogP) is 3.31. The highest BCUT2D eigenvalue weighted by Crippen LogP contribution is 2.15. The molecule has 1 N–H and O–H groups in total. The Kier molecular flexibility index (Phi) is 3.01. The SMILES string of the molecule is CC(C)(C)n1cc(CNc2ccsc2)cn1. The molecule has 0 radical (unpaired) electrons. The summed E-state index contributed by atoms with van der Waals surface area (Å²) in [5.41, 5.74) is 2.44. The molecule has 3 nitrogen and oxygen atoms in total. The quantitative estimate of drug-likeness (QED) is 0.884. The maximum atomic E-state index is 4.37. The van der Waals surface area contributed by atoms with Crippen LogP contribution in [0.1, 0.15) is 26.3 Å². The van der Waals surface area contributed by atoms with Crippen LogP contribution < -0.4 is 5.32 Å². The first-order valence-corrected chi connectivity index (χ1v) is 6.30. The third-order valence-electron chi connectivity index (χ3n) is 2.34. The van der Waals surface area contributed by atoms with Crippen molar-refractivity contribution in [3.63, 3.8) is 0 Å². The van der Waals surface area contributed by atoms with E-state index < -0.39 is 0 Å². The average molecular weight is 235 g/mol. The Labute approximate surface area is 100 Å². The molecular formula is C12H17N3S. The molecule has 0 fully saturated rings. The van der Waals surface area contributed by atoms with Crippen molar-refractivity contribution in [3.05, 3.63) is 34.8 Å². The number of hydrogen-bond donors (Lipinski definition) is 1. The molecule has 86 valence electrons. The molecule has 4 heteroatoms. The van der Waals surface area contributed by atoms with Crippen molar-refractivity contribution >= 4 is 17.0 Å². The van der Waals surface area contributed by atoms with Gasteiger partial charge in [0.25, 0.3) is 0 Å². The van der Waals surface area contributed by atoms with Crippen LogP contribution in [0.15, 0.2) is 29.2 Å². The Balaban J connectivity index is 1.98. The largest absolute Gasteiger partial charge is 0.380 e. The molecule has 0 spiro atoms. The Hall–Kier alpha value is -1.29. The molecular weight excluding hydrogens is 218 g/mol. The predicted molar refractivity (Wildman–Crippen MR) is 68.9 cm³/mol. The van der Waals surface area contributed by atoms with Gasteiger partial charge < -0.3 is 5.32 Å². The molecule has 2 aromatic heterocycles. The topological polar surface area (TPSA) is 29.9 Å². The number of anilines is 1. The minimum absolute atomic E-state index is 0.0562. The third-order valence-corrected chi connectivity index (χ3v) is 3.02. The summed E-state index contributed by atoms with van der Waals surface area (Å²) in [6.07, 6.45) is 4.02. The van der Waals surface area contributed by atoms with E-state index in [0.29, 0.717) is 0 Å². The lowest BCUT2D eigenvalue weighted by Crippen LogP contribution is -2.21. The second-order valence-electron chi connectivity index (χ2n) is 4.83. The molecule has 0 bridgehead atoms. The maximum Gasteiger partial charge on any atom is 0.0543 e. The van der Waals surface area contributed by atoms with Crippen LogP contribution in [-0.2, 0) is 12.1 Å². The van der Waals surface area contributed by atoms with E-state index >= 15 is 0 Å². The van der Waals surface area contributed by atoms with Crippen LogP contribution in [0.2, 0.25) is 0 Å². The van der Waals surface area contributed by atoms with E-state index in [9.17, 15) is 0 Å². The summed E-state index contributed by atoms with van der Waals surface area (Å²) < 4.78 is 2.00. The normalized spacial score (nSPS) is 11.7. The van der Waals surface area contributed by atoms with Gasteiger partial charge in [-0.3, -0.25) is 4.68 Å². The van der Waals surface area contributed by atoms with Crippen molar-refractivity contribution in [1.29, 1.82) is 0 Å². The van der Waals surface area contributed by atoms with Crippen LogP contribution >= 0.6 is 11.3 Å². The second-order valence-corrected chi connectivity index (χ2v) is 5.61. The Bertz CT molecular complexity index is 437. The molecule has 0 amide bonds. The van der Waals surface area contributed by atoms with Crippen LogP contribution in [0, 0.1) is 0 Å². The molecule has 0 saturated carbocycles. The molecule has 2 aromatic rings. The Morgan fingerprint density at radius 1 is 1.44 bits per heavy atom. The van der Waals surface area contributed by atoms with Crippen molar-refractivity contribution < 1.29 is 0 Å². The molecule has 0 saturated heterocycles. The van der Waals surface area contributed by atoms with Crippen molar-refractivity contribution in [1.82, 2.24) is 9.78 Å². The van der Waals surface area contributed by atoms with Crippen molar-refractivity contribution in [3.8, 4) is 0 Å². The van der Waals surface area contributed by atoms with Gasteiger partial charge in [-0.25, -0.2) is 0 Å². The van der Waals surface area contributed by atoms with E-state index in [-0.39, 0.29) is 5.54 Å². The minimum atomic E-state index is 0.0562. The maximum absolute atomic E-state index is 4.37. The first kappa shape index (κ1) is 11.2. The molecule has 16 heavy (non-hydrogen) atoms. The zero-order valence-electron chi connectivity index (χ0n) is 9.90. The van der Waals surface area contributed by atoms with Gasteiger partial charge >= 0.3 is 0 Å². The van der Waals surface area contributed by atoms with Gasteiger partial charge in [-0.05, 0) is 32.2 Å². The number of hydrogen-bond acceptors (Lipinski definition) is 3. The molecule has 2 heterocycles. The summed E-state index contributed by atoms with van der Waals surface area (Å²) in [6.45, 7) is 7.27. The highest BCUT2D eigenvalue weighted by atomic mass is 32.1. The lowest BCUT2D eigenvalue weighted by atomic mass is 10.1. The smallest absolute Gasteiger partial charge is 0.0543 e. The molecule has 0 aliphatic rings. The molecule has 0 aromatic carbocycles. The summed E-state index contributed by atoms with van der Waals surface area (Å²) in [5.74, 6) is 0. The summed E-state index contributed by atoms with van der Waals surface area (Å²) in [6, 6.07) is 2.08. The number of thiophene rings is 1. The first-order chi connectivity index (χ1) is 7.55. The molecule has 0 aliphatic carbocycles. The average Bonchev–Trinajstić information content (AvgIpc) is 2.85. The molecule has 0 unspecified atom stereocenters. The van der Waals surface area contributed by atoms with Gasteiger partial charge in [-0.15, -0.1) is 0 Å². The van der Waals surface area contributed by atoms with Gasteiger partial charge in [-0.1, -0.05) is 0 Å². The minimum Gasteiger partial charge on any atom is -0.380 e. The zero-order chi connectivity index (χ0) is 11.6. The van der Waals surface area contributed by atoms with Gasteiger partial charge in [0.15, 0.2) is 0 Å². The summed E-state index contributed by atoms with van der Waals surface area (Å²) >= 11 is 1.70. The van der Waals surface area contributed by atoms with E-state index in [1.54, 1.807) is 11.3 Å². The first-order valence-electron chi connectivity index (χ1n) is 5.36. The summed E-state index contributed by atoms with van der Waals surface area (Å²) in [4.78, 5) is 0. The zero-order valence-corrected chi connectivity index (χ0v) is 10.7. The summed E-state index contributed by atoms with van der Waals surface area (Å²) in [7, 11) is 0. The lowest BCUT2D eigenvalue weighted by Gasteiger charge is -2.18. The fourth-order valence-electron chi connectivity index (χ4n) is 1.39. The highest BCUT2D eigenvalue weighted by Gasteiger charge is 2.13. The lowest BCUT2D eigenvalue weighted by molar-refractivity contribution is 0.355. The standard InChI is InChI=1S/C12H17N3S/c1-12(2,3)15-8-10(7-14-15)6-13-11-4-5-16-9-11/h4-5,7-9,13H,6H2,1-3H3. The third kappa shape index (κ3) is 2.64. The van der Waals surface area contributed by atoms with Crippen molar-refractivity contribution in [2.45, 2.75) is 32.9 Å². The fourth-order valence-corrected chi connectivity index (χ4v) is 2.00. The fraction of sp³-hybridized carbons (Fsp3) is 0.417. The Morgan fingerprint density at radius 2 is 2.25 bits per heavy atom. The number of nitrogens with zero attached hydrogens (tertiary/aromatic N) is 2. The summed E-state index contributed by atoms with van der Waals surface area (Å²) in [5, 5.41) is 11.9. The van der Waals surface area contributed by atoms with Crippen LogP contribution in [0.25, 0.3) is 0 Å². The van der Waals surface area contributed by atoms with Crippen molar-refractivity contribution in [2.24, 2.45) is 0 Å². The Morgan fingerprint density at radius 3 is 2.81 bits per heavy atom. The molecule has 2 rings (SSSR count). The molecule has 0 atom stereocenters. The van der Waals surface area contributed by atoms with E-state index in [1.807, 2.05) is 10.9 Å². The molecule has 0 aliphatic heterocycles. The number of rotatable bonds is 3. The van der Waals surface area contributed by atoms with Gasteiger partial charge in [0.2, 0.25) is 0 Å². The monoisotopic (exact) mass is 235 g/mol.